The molecular formula is C14H25IN4O4S2. The fourth-order valence-electron chi connectivity index (χ4n) is 1.80. The highest BCUT2D eigenvalue weighted by Crippen LogP contribution is 2.24. The van der Waals surface area contributed by atoms with Crippen molar-refractivity contribution in [1.82, 2.24) is 15.6 Å². The van der Waals surface area contributed by atoms with Gasteiger partial charge in [-0.3, -0.25) is 4.99 Å². The number of ether oxygens (including phenoxy) is 1. The Hall–Kier alpha value is -0.950. The van der Waals surface area contributed by atoms with Gasteiger partial charge in [-0.25, -0.2) is 18.2 Å². The number of hydrogen-bond donors (Lipinski definition) is 2. The smallest absolute Gasteiger partial charge is 0.350 e. The molecule has 0 spiro atoms. The lowest BCUT2D eigenvalue weighted by Gasteiger charge is -2.15. The van der Waals surface area contributed by atoms with E-state index in [0.29, 0.717) is 23.1 Å². The Balaban J connectivity index is 0.00000576. The maximum atomic E-state index is 11.8. The van der Waals surface area contributed by atoms with E-state index in [2.05, 4.69) is 20.6 Å². The van der Waals surface area contributed by atoms with Crippen LogP contribution in [0.2, 0.25) is 0 Å². The zero-order valence-corrected chi connectivity index (χ0v) is 18.9. The monoisotopic (exact) mass is 504 g/mol. The van der Waals surface area contributed by atoms with E-state index in [1.54, 1.807) is 20.9 Å². The number of rotatable bonds is 7. The second-order valence-electron chi connectivity index (χ2n) is 5.18. The number of hydrogen-bond acceptors (Lipinski definition) is 7. The van der Waals surface area contributed by atoms with Crippen LogP contribution in [0.25, 0.3) is 0 Å². The van der Waals surface area contributed by atoms with Gasteiger partial charge in [-0.1, -0.05) is 0 Å². The number of guanidine groups is 1. The molecule has 1 aromatic heterocycles. The fourth-order valence-corrected chi connectivity index (χ4v) is 3.24. The third-order valence-electron chi connectivity index (χ3n) is 2.99. The van der Waals surface area contributed by atoms with E-state index in [1.165, 1.54) is 17.6 Å². The van der Waals surface area contributed by atoms with E-state index < -0.39 is 9.84 Å². The zero-order chi connectivity index (χ0) is 18.3. The van der Waals surface area contributed by atoms with Crippen LogP contribution in [0, 0.1) is 6.92 Å². The number of thiazole rings is 1. The topological polar surface area (TPSA) is 110 Å². The Labute approximate surface area is 169 Å². The number of aryl methyl sites for hydroxylation is 1. The number of aliphatic imine (C=N–C) groups is 1. The number of carbonyl (C=O) groups excluding carboxylic acids is 1. The number of nitrogens with zero attached hydrogens (tertiary/aromatic N) is 2. The summed E-state index contributed by atoms with van der Waals surface area (Å²) >= 11 is 1.27. The average Bonchev–Trinajstić information content (AvgIpc) is 2.87. The highest BCUT2D eigenvalue weighted by atomic mass is 127. The lowest BCUT2D eigenvalue weighted by atomic mass is 10.3. The summed E-state index contributed by atoms with van der Waals surface area (Å²) in [6.45, 7) is 5.98. The summed E-state index contributed by atoms with van der Waals surface area (Å²) in [5.74, 6) is 0.115. The van der Waals surface area contributed by atoms with Gasteiger partial charge in [-0.2, -0.15) is 0 Å². The zero-order valence-electron chi connectivity index (χ0n) is 15.0. The van der Waals surface area contributed by atoms with Gasteiger partial charge in [0.15, 0.2) is 5.96 Å². The molecule has 0 radical (unpaired) electrons. The van der Waals surface area contributed by atoms with Gasteiger partial charge in [-0.15, -0.1) is 35.3 Å². The molecule has 25 heavy (non-hydrogen) atoms. The van der Waals surface area contributed by atoms with Gasteiger partial charge < -0.3 is 15.4 Å². The lowest BCUT2D eigenvalue weighted by Crippen LogP contribution is -2.40. The molecule has 2 N–H and O–H groups in total. The Kier molecular flexibility index (Phi) is 10.5. The minimum Gasteiger partial charge on any atom is -0.462 e. The van der Waals surface area contributed by atoms with Crippen molar-refractivity contribution in [3.05, 3.63) is 15.6 Å². The molecule has 0 saturated carbocycles. The minimum atomic E-state index is -3.03. The van der Waals surface area contributed by atoms with E-state index >= 15 is 0 Å². The molecule has 1 rings (SSSR count). The molecule has 1 unspecified atom stereocenters. The Bertz CT molecular complexity index is 704. The van der Waals surface area contributed by atoms with Crippen LogP contribution in [-0.2, 0) is 14.6 Å². The van der Waals surface area contributed by atoms with Crippen molar-refractivity contribution in [2.75, 3.05) is 32.2 Å². The van der Waals surface area contributed by atoms with Gasteiger partial charge in [0.2, 0.25) is 0 Å². The van der Waals surface area contributed by atoms with E-state index in [9.17, 15) is 13.2 Å². The Morgan fingerprint density at radius 3 is 2.60 bits per heavy atom. The van der Waals surface area contributed by atoms with Gasteiger partial charge in [0.05, 0.1) is 24.1 Å². The standard InChI is InChI=1S/C14H24N4O4S2.HI/c1-6-22-13(19)11-9(2)17-12(23-11)10(3)18-14(15-4)16-7-8-24(5,20)21;/h10H,6-8H2,1-5H3,(H2,15,16,18);1H. The lowest BCUT2D eigenvalue weighted by molar-refractivity contribution is 0.0531. The first kappa shape index (κ1) is 24.1. The van der Waals surface area contributed by atoms with Crippen molar-refractivity contribution < 1.29 is 17.9 Å². The van der Waals surface area contributed by atoms with Crippen LogP contribution in [0.4, 0.5) is 0 Å². The molecule has 0 aliphatic heterocycles. The maximum absolute atomic E-state index is 11.8. The predicted octanol–water partition coefficient (Wildman–Crippen LogP) is 1.52. The second-order valence-corrected chi connectivity index (χ2v) is 8.47. The average molecular weight is 504 g/mol. The maximum Gasteiger partial charge on any atom is 0.350 e. The van der Waals surface area contributed by atoms with Gasteiger partial charge in [0.1, 0.15) is 19.7 Å². The number of aromatic nitrogens is 1. The summed E-state index contributed by atoms with van der Waals surface area (Å²) in [5.41, 5.74) is 0.627. The number of halogens is 1. The van der Waals surface area contributed by atoms with Crippen LogP contribution < -0.4 is 10.6 Å². The highest BCUT2D eigenvalue weighted by Gasteiger charge is 2.20. The Morgan fingerprint density at radius 1 is 1.44 bits per heavy atom. The molecule has 8 nitrogen and oxygen atoms in total. The summed E-state index contributed by atoms with van der Waals surface area (Å²) in [5, 5.41) is 6.78. The molecular weight excluding hydrogens is 479 g/mol. The third kappa shape index (κ3) is 8.31. The van der Waals surface area contributed by atoms with Crippen LogP contribution in [0.5, 0.6) is 0 Å². The molecule has 144 valence electrons. The predicted molar refractivity (Wildman–Crippen MR) is 111 cm³/mol. The van der Waals surface area contributed by atoms with Crippen LogP contribution in [0.1, 0.15) is 40.3 Å². The van der Waals surface area contributed by atoms with Crippen LogP contribution >= 0.6 is 35.3 Å². The first-order valence-corrected chi connectivity index (χ1v) is 10.3. The SMILES string of the molecule is CCOC(=O)c1sc(C(C)NC(=NC)NCCS(C)(=O)=O)nc1C.I. The molecule has 1 atom stereocenters. The number of nitrogens with one attached hydrogen (secondary N) is 2. The summed E-state index contributed by atoms with van der Waals surface area (Å²) in [6.07, 6.45) is 1.18. The van der Waals surface area contributed by atoms with E-state index in [0.717, 1.165) is 5.01 Å². The van der Waals surface area contributed by atoms with E-state index in [4.69, 9.17) is 4.74 Å². The number of carbonyl (C=O) groups is 1. The first-order chi connectivity index (χ1) is 11.2. The van der Waals surface area contributed by atoms with E-state index in [-0.39, 0.29) is 48.3 Å². The summed E-state index contributed by atoms with van der Waals surface area (Å²) in [4.78, 5) is 20.8. The summed E-state index contributed by atoms with van der Waals surface area (Å²) < 4.78 is 27.3. The molecule has 0 amide bonds. The fraction of sp³-hybridized carbons (Fsp3) is 0.643. The van der Waals surface area contributed by atoms with Gasteiger partial charge in [0.25, 0.3) is 0 Å². The molecule has 1 aromatic rings. The summed E-state index contributed by atoms with van der Waals surface area (Å²) in [7, 11) is -1.44. The molecule has 1 heterocycles. The Morgan fingerprint density at radius 2 is 2.08 bits per heavy atom. The van der Waals surface area contributed by atoms with Crippen molar-refractivity contribution in [3.63, 3.8) is 0 Å². The number of esters is 1. The third-order valence-corrected chi connectivity index (χ3v) is 5.25. The number of sulfone groups is 1. The molecule has 0 aliphatic rings. The quantitative estimate of drug-likeness (QED) is 0.251. The molecule has 0 bridgehead atoms. The molecule has 0 aromatic carbocycles. The molecule has 0 aliphatic carbocycles. The van der Waals surface area contributed by atoms with Crippen molar-refractivity contribution in [3.8, 4) is 0 Å². The van der Waals surface area contributed by atoms with Crippen LogP contribution in [0.3, 0.4) is 0 Å². The van der Waals surface area contributed by atoms with Crippen molar-refractivity contribution in [2.45, 2.75) is 26.8 Å². The summed E-state index contributed by atoms with van der Waals surface area (Å²) in [6, 6.07) is -0.193. The molecule has 0 saturated heterocycles. The van der Waals surface area contributed by atoms with Gasteiger partial charge in [0, 0.05) is 19.8 Å². The van der Waals surface area contributed by atoms with E-state index in [1.807, 2.05) is 6.92 Å². The largest absolute Gasteiger partial charge is 0.462 e. The van der Waals surface area contributed by atoms with Crippen molar-refractivity contribution >= 4 is 57.1 Å². The second kappa shape index (κ2) is 10.9. The molecule has 11 heteroatoms. The normalized spacial score (nSPS) is 12.9. The van der Waals surface area contributed by atoms with Crippen LogP contribution in [0.15, 0.2) is 4.99 Å². The molecule has 0 fully saturated rings. The highest BCUT2D eigenvalue weighted by molar-refractivity contribution is 14.0. The van der Waals surface area contributed by atoms with Gasteiger partial charge >= 0.3 is 5.97 Å². The van der Waals surface area contributed by atoms with Crippen LogP contribution in [-0.4, -0.2) is 57.5 Å². The van der Waals surface area contributed by atoms with Crippen molar-refractivity contribution in [1.29, 1.82) is 0 Å². The minimum absolute atomic E-state index is 0. The first-order valence-electron chi connectivity index (χ1n) is 7.47. The van der Waals surface area contributed by atoms with Crippen molar-refractivity contribution in [2.24, 2.45) is 4.99 Å². The van der Waals surface area contributed by atoms with Gasteiger partial charge in [-0.05, 0) is 20.8 Å².